The summed E-state index contributed by atoms with van der Waals surface area (Å²) >= 11 is 3.27. The van der Waals surface area contributed by atoms with Gasteiger partial charge in [0.2, 0.25) is 0 Å². The molecule has 0 amide bonds. The van der Waals surface area contributed by atoms with Crippen molar-refractivity contribution in [1.29, 1.82) is 0 Å². The van der Waals surface area contributed by atoms with Crippen LogP contribution in [0.4, 0.5) is 4.39 Å². The molecule has 0 bridgehead atoms. The summed E-state index contributed by atoms with van der Waals surface area (Å²) < 4.78 is 14.3. The molecule has 0 radical (unpaired) electrons. The lowest BCUT2D eigenvalue weighted by atomic mass is 10.1. The molecule has 0 aliphatic heterocycles. The summed E-state index contributed by atoms with van der Waals surface area (Å²) in [6.07, 6.45) is 2.88. The third kappa shape index (κ3) is 3.61. The molecule has 0 aromatic heterocycles. The van der Waals surface area contributed by atoms with Gasteiger partial charge in [-0.2, -0.15) is 0 Å². The zero-order chi connectivity index (χ0) is 13.8. The largest absolute Gasteiger partial charge is 0.289 e. The lowest BCUT2D eigenvalue weighted by Crippen LogP contribution is -1.94. The van der Waals surface area contributed by atoms with E-state index in [1.165, 1.54) is 18.2 Å². The van der Waals surface area contributed by atoms with Crippen LogP contribution in [0, 0.1) is 12.7 Å². The fourth-order valence-electron chi connectivity index (χ4n) is 1.70. The summed E-state index contributed by atoms with van der Waals surface area (Å²) in [7, 11) is 0. The van der Waals surface area contributed by atoms with Crippen LogP contribution in [-0.4, -0.2) is 5.78 Å². The van der Waals surface area contributed by atoms with E-state index in [0.29, 0.717) is 11.1 Å². The van der Waals surface area contributed by atoms with Crippen LogP contribution >= 0.6 is 15.9 Å². The van der Waals surface area contributed by atoms with Crippen molar-refractivity contribution in [3.63, 3.8) is 0 Å². The molecule has 1 nitrogen and oxygen atoms in total. The quantitative estimate of drug-likeness (QED) is 0.587. The molecule has 0 saturated carbocycles. The zero-order valence-corrected chi connectivity index (χ0v) is 11.9. The van der Waals surface area contributed by atoms with Gasteiger partial charge < -0.3 is 0 Å². The minimum absolute atomic E-state index is 0.136. The van der Waals surface area contributed by atoms with E-state index in [1.54, 1.807) is 18.2 Å². The minimum atomic E-state index is -0.350. The fourth-order valence-corrected chi connectivity index (χ4v) is 2.08. The Hall–Kier alpha value is -1.74. The summed E-state index contributed by atoms with van der Waals surface area (Å²) in [6, 6.07) is 11.9. The van der Waals surface area contributed by atoms with Crippen LogP contribution in [0.5, 0.6) is 0 Å². The van der Waals surface area contributed by atoms with Gasteiger partial charge in [0.05, 0.1) is 0 Å². The van der Waals surface area contributed by atoms with Crippen molar-refractivity contribution in [3.05, 3.63) is 75.5 Å². The van der Waals surface area contributed by atoms with Crippen molar-refractivity contribution < 1.29 is 9.18 Å². The van der Waals surface area contributed by atoms with Gasteiger partial charge in [-0.15, -0.1) is 0 Å². The first-order valence-corrected chi connectivity index (χ1v) is 6.60. The number of benzene rings is 2. The topological polar surface area (TPSA) is 17.1 Å². The molecule has 0 aliphatic carbocycles. The number of carbonyl (C=O) groups excluding carboxylic acids is 1. The molecule has 2 aromatic rings. The molecule has 0 saturated heterocycles. The average molecular weight is 319 g/mol. The van der Waals surface area contributed by atoms with E-state index in [4.69, 9.17) is 0 Å². The van der Waals surface area contributed by atoms with Crippen LogP contribution < -0.4 is 0 Å². The molecular formula is C16H12BrFO. The maximum Gasteiger partial charge on any atom is 0.185 e. The van der Waals surface area contributed by atoms with Crippen molar-refractivity contribution in [3.8, 4) is 0 Å². The van der Waals surface area contributed by atoms with Gasteiger partial charge in [0, 0.05) is 15.6 Å². The van der Waals surface area contributed by atoms with Crippen molar-refractivity contribution in [2.24, 2.45) is 0 Å². The number of allylic oxidation sites excluding steroid dienone is 1. The number of aryl methyl sites for hydroxylation is 1. The Morgan fingerprint density at radius 1 is 1.21 bits per heavy atom. The molecule has 2 rings (SSSR count). The summed E-state index contributed by atoms with van der Waals surface area (Å²) in [4.78, 5) is 11.9. The molecule has 0 unspecified atom stereocenters. The third-order valence-corrected chi connectivity index (χ3v) is 3.17. The van der Waals surface area contributed by atoms with E-state index in [9.17, 15) is 9.18 Å². The molecule has 3 heteroatoms. The molecule has 0 aliphatic rings. The van der Waals surface area contributed by atoms with Crippen molar-refractivity contribution in [2.45, 2.75) is 6.92 Å². The Balaban J connectivity index is 2.23. The van der Waals surface area contributed by atoms with Gasteiger partial charge >= 0.3 is 0 Å². The van der Waals surface area contributed by atoms with Gasteiger partial charge in [-0.25, -0.2) is 4.39 Å². The van der Waals surface area contributed by atoms with Crippen LogP contribution in [0.3, 0.4) is 0 Å². The van der Waals surface area contributed by atoms with E-state index >= 15 is 0 Å². The van der Waals surface area contributed by atoms with Crippen LogP contribution in [0.25, 0.3) is 6.08 Å². The van der Waals surface area contributed by atoms with Crippen LogP contribution in [0.15, 0.2) is 53.0 Å². The SMILES string of the molecule is Cc1cccc(C(=O)/C=C/c2cc(Br)ccc2F)c1. The second-order valence-electron chi connectivity index (χ2n) is 4.23. The monoisotopic (exact) mass is 318 g/mol. The van der Waals surface area contributed by atoms with Gasteiger partial charge in [-0.3, -0.25) is 4.79 Å². The maximum atomic E-state index is 13.5. The number of hydrogen-bond donors (Lipinski definition) is 0. The first kappa shape index (κ1) is 13.7. The molecule has 0 spiro atoms. The van der Waals surface area contributed by atoms with Gasteiger partial charge in [0.25, 0.3) is 0 Å². The molecule has 0 atom stereocenters. The fraction of sp³-hybridized carbons (Fsp3) is 0.0625. The summed E-state index contributed by atoms with van der Waals surface area (Å²) in [5, 5.41) is 0. The average Bonchev–Trinajstić information content (AvgIpc) is 2.39. The molecule has 2 aromatic carbocycles. The van der Waals surface area contributed by atoms with Gasteiger partial charge in [0.1, 0.15) is 5.82 Å². The minimum Gasteiger partial charge on any atom is -0.289 e. The van der Waals surface area contributed by atoms with Gasteiger partial charge in [-0.05, 0) is 43.3 Å². The van der Waals surface area contributed by atoms with Crippen molar-refractivity contribution in [1.82, 2.24) is 0 Å². The van der Waals surface area contributed by atoms with E-state index in [-0.39, 0.29) is 11.6 Å². The number of carbonyl (C=O) groups is 1. The molecular weight excluding hydrogens is 307 g/mol. The van der Waals surface area contributed by atoms with Crippen LogP contribution in [0.1, 0.15) is 21.5 Å². The third-order valence-electron chi connectivity index (χ3n) is 2.67. The lowest BCUT2D eigenvalue weighted by molar-refractivity contribution is 0.104. The predicted molar refractivity (Wildman–Crippen MR) is 78.6 cm³/mol. The van der Waals surface area contributed by atoms with Crippen LogP contribution in [-0.2, 0) is 0 Å². The van der Waals surface area contributed by atoms with Gasteiger partial charge in [-0.1, -0.05) is 39.7 Å². The second kappa shape index (κ2) is 5.93. The highest BCUT2D eigenvalue weighted by Crippen LogP contribution is 2.17. The molecule has 0 fully saturated rings. The highest BCUT2D eigenvalue weighted by Gasteiger charge is 2.03. The molecule has 0 N–H and O–H groups in total. The number of hydrogen-bond acceptors (Lipinski definition) is 1. The Kier molecular flexibility index (Phi) is 4.27. The predicted octanol–water partition coefficient (Wildman–Crippen LogP) is 4.79. The summed E-state index contributed by atoms with van der Waals surface area (Å²) in [5.41, 5.74) is 2.01. The summed E-state index contributed by atoms with van der Waals surface area (Å²) in [6.45, 7) is 1.93. The van der Waals surface area contributed by atoms with E-state index in [2.05, 4.69) is 15.9 Å². The van der Waals surface area contributed by atoms with E-state index < -0.39 is 0 Å². The molecule has 19 heavy (non-hydrogen) atoms. The van der Waals surface area contributed by atoms with Gasteiger partial charge in [0.15, 0.2) is 5.78 Å². The zero-order valence-electron chi connectivity index (χ0n) is 10.4. The Labute approximate surface area is 119 Å². The highest BCUT2D eigenvalue weighted by atomic mass is 79.9. The summed E-state index contributed by atoms with van der Waals surface area (Å²) in [5.74, 6) is -0.487. The molecule has 0 heterocycles. The number of ketones is 1. The highest BCUT2D eigenvalue weighted by molar-refractivity contribution is 9.10. The normalized spacial score (nSPS) is 10.9. The van der Waals surface area contributed by atoms with E-state index in [1.807, 2.05) is 25.1 Å². The smallest absolute Gasteiger partial charge is 0.185 e. The van der Waals surface area contributed by atoms with Crippen LogP contribution in [0.2, 0.25) is 0 Å². The standard InChI is InChI=1S/C16H12BrFO/c1-11-3-2-4-13(9-11)16(19)8-5-12-10-14(17)6-7-15(12)18/h2-10H,1H3/b8-5+. The molecule has 96 valence electrons. The van der Waals surface area contributed by atoms with E-state index in [0.717, 1.165) is 10.0 Å². The lowest BCUT2D eigenvalue weighted by Gasteiger charge is -1.99. The number of halogens is 2. The Morgan fingerprint density at radius 2 is 2.00 bits per heavy atom. The Bertz CT molecular complexity index is 647. The Morgan fingerprint density at radius 3 is 2.74 bits per heavy atom. The number of rotatable bonds is 3. The van der Waals surface area contributed by atoms with Crippen molar-refractivity contribution in [2.75, 3.05) is 0 Å². The first-order chi connectivity index (χ1) is 9.06. The maximum absolute atomic E-state index is 13.5. The second-order valence-corrected chi connectivity index (χ2v) is 5.15. The van der Waals surface area contributed by atoms with Crippen molar-refractivity contribution >= 4 is 27.8 Å². The first-order valence-electron chi connectivity index (χ1n) is 5.80.